The molecule has 0 spiro atoms. The summed E-state index contributed by atoms with van der Waals surface area (Å²) in [7, 11) is 0. The predicted octanol–water partition coefficient (Wildman–Crippen LogP) is 3.20. The van der Waals surface area contributed by atoms with Gasteiger partial charge in [-0.05, 0) is 31.8 Å². The highest BCUT2D eigenvalue weighted by molar-refractivity contribution is 4.52. The van der Waals surface area contributed by atoms with Gasteiger partial charge in [-0.25, -0.2) is 0 Å². The second-order valence-electron chi connectivity index (χ2n) is 3.76. The molecule has 0 heterocycles. The summed E-state index contributed by atoms with van der Waals surface area (Å²) < 4.78 is 0. The zero-order valence-electron chi connectivity index (χ0n) is 9.03. The maximum atomic E-state index is 3.43. The van der Waals surface area contributed by atoms with E-state index in [-0.39, 0.29) is 0 Å². The van der Waals surface area contributed by atoms with E-state index in [1.807, 2.05) is 0 Å². The van der Waals surface area contributed by atoms with E-state index >= 15 is 0 Å². The maximum absolute atomic E-state index is 3.43. The molecule has 0 bridgehead atoms. The Balaban J connectivity index is 2.90. The van der Waals surface area contributed by atoms with Gasteiger partial charge in [0.15, 0.2) is 0 Å². The molecule has 0 fully saturated rings. The minimum atomic E-state index is 0.927. The van der Waals surface area contributed by atoms with E-state index in [9.17, 15) is 0 Å². The molecular weight excluding hydrogens is 146 g/mol. The van der Waals surface area contributed by atoms with Gasteiger partial charge in [0.1, 0.15) is 0 Å². The van der Waals surface area contributed by atoms with Gasteiger partial charge in [0.2, 0.25) is 0 Å². The van der Waals surface area contributed by atoms with Crippen molar-refractivity contribution in [3.8, 4) is 0 Å². The summed E-state index contributed by atoms with van der Waals surface area (Å²) in [5.74, 6) is 0.927. The van der Waals surface area contributed by atoms with Gasteiger partial charge >= 0.3 is 0 Å². The molecule has 0 aromatic heterocycles. The Morgan fingerprint density at radius 1 is 1.08 bits per heavy atom. The standard InChI is InChI=1S/C11H25N/c1-4-9-12-10-7-6-8-11(3)5-2/h11-12H,4-10H2,1-3H3. The summed E-state index contributed by atoms with van der Waals surface area (Å²) in [5.41, 5.74) is 0. The molecular formula is C11H25N. The SMILES string of the molecule is CCCNCCCCC(C)CC. The van der Waals surface area contributed by atoms with E-state index < -0.39 is 0 Å². The quantitative estimate of drug-likeness (QED) is 0.553. The van der Waals surface area contributed by atoms with Crippen LogP contribution in [0.1, 0.15) is 52.9 Å². The molecule has 0 aliphatic carbocycles. The fraction of sp³-hybridized carbons (Fsp3) is 1.00. The first kappa shape index (κ1) is 12.0. The normalized spacial score (nSPS) is 13.2. The lowest BCUT2D eigenvalue weighted by Crippen LogP contribution is -2.15. The average Bonchev–Trinajstić information content (AvgIpc) is 2.10. The molecule has 0 aliphatic heterocycles. The third-order valence-electron chi connectivity index (χ3n) is 2.42. The summed E-state index contributed by atoms with van der Waals surface area (Å²) in [4.78, 5) is 0. The molecule has 74 valence electrons. The number of nitrogens with one attached hydrogen (secondary N) is 1. The van der Waals surface area contributed by atoms with Crippen LogP contribution in [0.25, 0.3) is 0 Å². The Morgan fingerprint density at radius 3 is 2.42 bits per heavy atom. The minimum absolute atomic E-state index is 0.927. The van der Waals surface area contributed by atoms with Crippen molar-refractivity contribution in [3.63, 3.8) is 0 Å². The van der Waals surface area contributed by atoms with Crippen molar-refractivity contribution in [1.29, 1.82) is 0 Å². The summed E-state index contributed by atoms with van der Waals surface area (Å²) in [5, 5.41) is 3.43. The first-order chi connectivity index (χ1) is 5.81. The third kappa shape index (κ3) is 8.06. The fourth-order valence-corrected chi connectivity index (χ4v) is 1.25. The first-order valence-corrected chi connectivity index (χ1v) is 5.52. The van der Waals surface area contributed by atoms with E-state index in [2.05, 4.69) is 26.1 Å². The van der Waals surface area contributed by atoms with E-state index in [1.54, 1.807) is 0 Å². The molecule has 1 N–H and O–H groups in total. The molecule has 0 amide bonds. The van der Waals surface area contributed by atoms with Gasteiger partial charge in [-0.1, -0.05) is 40.0 Å². The van der Waals surface area contributed by atoms with Gasteiger partial charge in [0.05, 0.1) is 0 Å². The van der Waals surface area contributed by atoms with E-state index in [4.69, 9.17) is 0 Å². The van der Waals surface area contributed by atoms with Gasteiger partial charge < -0.3 is 5.32 Å². The third-order valence-corrected chi connectivity index (χ3v) is 2.42. The second-order valence-corrected chi connectivity index (χ2v) is 3.76. The fourth-order valence-electron chi connectivity index (χ4n) is 1.25. The summed E-state index contributed by atoms with van der Waals surface area (Å²) in [6.07, 6.45) is 6.74. The highest BCUT2D eigenvalue weighted by atomic mass is 14.8. The monoisotopic (exact) mass is 171 g/mol. The molecule has 0 radical (unpaired) electrons. The Labute approximate surface area is 77.9 Å². The molecule has 0 aromatic carbocycles. The van der Waals surface area contributed by atoms with Gasteiger partial charge in [-0.15, -0.1) is 0 Å². The lowest BCUT2D eigenvalue weighted by Gasteiger charge is -2.07. The van der Waals surface area contributed by atoms with Crippen LogP contribution in [0.2, 0.25) is 0 Å². The molecule has 0 aromatic rings. The molecule has 1 unspecified atom stereocenters. The number of rotatable bonds is 8. The van der Waals surface area contributed by atoms with Gasteiger partial charge in [-0.2, -0.15) is 0 Å². The Bertz CT molecular complexity index is 81.1. The van der Waals surface area contributed by atoms with Crippen molar-refractivity contribution in [3.05, 3.63) is 0 Å². The second kappa shape index (κ2) is 9.05. The van der Waals surface area contributed by atoms with Crippen LogP contribution in [-0.4, -0.2) is 13.1 Å². The van der Waals surface area contributed by atoms with Crippen molar-refractivity contribution in [2.75, 3.05) is 13.1 Å². The van der Waals surface area contributed by atoms with Crippen LogP contribution in [0.15, 0.2) is 0 Å². The van der Waals surface area contributed by atoms with E-state index in [0.717, 1.165) is 5.92 Å². The van der Waals surface area contributed by atoms with Crippen molar-refractivity contribution in [2.45, 2.75) is 52.9 Å². The number of hydrogen-bond acceptors (Lipinski definition) is 1. The molecule has 1 heteroatoms. The van der Waals surface area contributed by atoms with Crippen LogP contribution in [0.3, 0.4) is 0 Å². The zero-order valence-corrected chi connectivity index (χ0v) is 9.03. The van der Waals surface area contributed by atoms with Crippen molar-refractivity contribution >= 4 is 0 Å². The van der Waals surface area contributed by atoms with Crippen LogP contribution >= 0.6 is 0 Å². The zero-order chi connectivity index (χ0) is 9.23. The smallest absolute Gasteiger partial charge is 0.00489 e. The Hall–Kier alpha value is -0.0400. The molecule has 0 saturated heterocycles. The van der Waals surface area contributed by atoms with Crippen LogP contribution < -0.4 is 5.32 Å². The summed E-state index contributed by atoms with van der Waals surface area (Å²) >= 11 is 0. The molecule has 1 atom stereocenters. The molecule has 12 heavy (non-hydrogen) atoms. The van der Waals surface area contributed by atoms with Crippen LogP contribution in [0, 0.1) is 5.92 Å². The largest absolute Gasteiger partial charge is 0.317 e. The number of hydrogen-bond donors (Lipinski definition) is 1. The van der Waals surface area contributed by atoms with Crippen LogP contribution in [0.5, 0.6) is 0 Å². The predicted molar refractivity (Wildman–Crippen MR) is 56.5 cm³/mol. The van der Waals surface area contributed by atoms with Crippen molar-refractivity contribution < 1.29 is 0 Å². The first-order valence-electron chi connectivity index (χ1n) is 5.52. The van der Waals surface area contributed by atoms with Crippen molar-refractivity contribution in [1.82, 2.24) is 5.32 Å². The highest BCUT2D eigenvalue weighted by Crippen LogP contribution is 2.10. The lowest BCUT2D eigenvalue weighted by atomic mass is 10.0. The Morgan fingerprint density at radius 2 is 1.83 bits per heavy atom. The van der Waals surface area contributed by atoms with Crippen LogP contribution in [0.4, 0.5) is 0 Å². The Kier molecular flexibility index (Phi) is 9.02. The highest BCUT2D eigenvalue weighted by Gasteiger charge is 1.97. The van der Waals surface area contributed by atoms with Gasteiger partial charge in [0.25, 0.3) is 0 Å². The van der Waals surface area contributed by atoms with E-state index in [0.29, 0.717) is 0 Å². The summed E-state index contributed by atoms with van der Waals surface area (Å²) in [6, 6.07) is 0. The average molecular weight is 171 g/mol. The topological polar surface area (TPSA) is 12.0 Å². The lowest BCUT2D eigenvalue weighted by molar-refractivity contribution is 0.476. The van der Waals surface area contributed by atoms with Crippen molar-refractivity contribution in [2.24, 2.45) is 5.92 Å². The molecule has 0 rings (SSSR count). The molecule has 1 nitrogen and oxygen atoms in total. The van der Waals surface area contributed by atoms with E-state index in [1.165, 1.54) is 45.2 Å². The molecule has 0 saturated carbocycles. The van der Waals surface area contributed by atoms with Crippen LogP contribution in [-0.2, 0) is 0 Å². The van der Waals surface area contributed by atoms with Gasteiger partial charge in [-0.3, -0.25) is 0 Å². The number of unbranched alkanes of at least 4 members (excludes halogenated alkanes) is 1. The summed E-state index contributed by atoms with van der Waals surface area (Å²) in [6.45, 7) is 9.24. The minimum Gasteiger partial charge on any atom is -0.317 e. The van der Waals surface area contributed by atoms with Gasteiger partial charge in [0, 0.05) is 0 Å². The maximum Gasteiger partial charge on any atom is -0.00489 e. The molecule has 0 aliphatic rings.